The van der Waals surface area contributed by atoms with Crippen LogP contribution >= 0.6 is 0 Å². The number of amides is 3. The molecule has 2 aromatic rings. The molecular formula is C30H33N3O4. The van der Waals surface area contributed by atoms with Crippen molar-refractivity contribution in [2.45, 2.75) is 70.2 Å². The van der Waals surface area contributed by atoms with Crippen molar-refractivity contribution in [1.82, 2.24) is 5.32 Å². The van der Waals surface area contributed by atoms with Gasteiger partial charge in [-0.25, -0.2) is 0 Å². The van der Waals surface area contributed by atoms with Crippen LogP contribution in [-0.2, 0) is 32.0 Å². The highest BCUT2D eigenvalue weighted by Gasteiger charge is 2.73. The topological polar surface area (TPSA) is 87.7 Å². The Morgan fingerprint density at radius 2 is 1.81 bits per heavy atom. The molecule has 0 saturated carbocycles. The summed E-state index contributed by atoms with van der Waals surface area (Å²) in [5.74, 6) is -2.33. The molecule has 7 heteroatoms. The minimum atomic E-state index is -1.20. The second-order valence-electron chi connectivity index (χ2n) is 11.8. The summed E-state index contributed by atoms with van der Waals surface area (Å²) >= 11 is 0. The number of aryl methyl sites for hydroxylation is 3. The number of carbonyl (C=O) groups excluding carboxylic acids is 3. The number of nitrogens with zero attached hydrogens (tertiary/aromatic N) is 1. The van der Waals surface area contributed by atoms with Crippen LogP contribution in [0.5, 0.6) is 0 Å². The molecule has 2 bridgehead atoms. The first-order chi connectivity index (χ1) is 17.6. The molecule has 0 radical (unpaired) electrons. The van der Waals surface area contributed by atoms with Crippen LogP contribution in [0.3, 0.4) is 0 Å². The third-order valence-corrected chi connectivity index (χ3v) is 8.09. The highest BCUT2D eigenvalue weighted by atomic mass is 16.5. The van der Waals surface area contributed by atoms with Crippen molar-refractivity contribution in [2.24, 2.45) is 11.8 Å². The first kappa shape index (κ1) is 23.9. The summed E-state index contributed by atoms with van der Waals surface area (Å²) in [5, 5.41) is 6.08. The number of rotatable bonds is 4. The lowest BCUT2D eigenvalue weighted by atomic mass is 9.74. The molecule has 192 valence electrons. The Hall–Kier alpha value is -3.45. The van der Waals surface area contributed by atoms with Gasteiger partial charge in [-0.1, -0.05) is 36.4 Å². The first-order valence-electron chi connectivity index (χ1n) is 13.1. The van der Waals surface area contributed by atoms with Crippen LogP contribution in [0, 0.1) is 18.8 Å². The normalized spacial score (nSPS) is 29.4. The summed E-state index contributed by atoms with van der Waals surface area (Å²) in [6, 6.07) is 12.7. The van der Waals surface area contributed by atoms with Crippen LogP contribution in [0.1, 0.15) is 43.9 Å². The van der Waals surface area contributed by atoms with E-state index in [4.69, 9.17) is 4.74 Å². The number of carbonyl (C=O) groups is 3. The molecule has 37 heavy (non-hydrogen) atoms. The predicted octanol–water partition coefficient (Wildman–Crippen LogP) is 3.69. The lowest BCUT2D eigenvalue weighted by molar-refractivity contribution is -0.129. The molecule has 2 aromatic carbocycles. The zero-order valence-corrected chi connectivity index (χ0v) is 21.7. The summed E-state index contributed by atoms with van der Waals surface area (Å²) < 4.78 is 6.45. The van der Waals surface area contributed by atoms with Gasteiger partial charge in [0, 0.05) is 16.9 Å². The molecule has 4 aliphatic rings. The predicted molar refractivity (Wildman–Crippen MR) is 141 cm³/mol. The third kappa shape index (κ3) is 3.71. The quantitative estimate of drug-likeness (QED) is 0.628. The van der Waals surface area contributed by atoms with E-state index < -0.39 is 35.1 Å². The molecule has 0 aromatic heterocycles. The third-order valence-electron chi connectivity index (χ3n) is 8.09. The van der Waals surface area contributed by atoms with Gasteiger partial charge in [0.25, 0.3) is 0 Å². The fourth-order valence-corrected chi connectivity index (χ4v) is 6.53. The van der Waals surface area contributed by atoms with Gasteiger partial charge in [0.15, 0.2) is 0 Å². The molecule has 6 rings (SSSR count). The number of hydrogen-bond acceptors (Lipinski definition) is 4. The first-order valence-corrected chi connectivity index (χ1v) is 13.1. The largest absolute Gasteiger partial charge is 0.359 e. The number of nitrogens with one attached hydrogen (secondary N) is 2. The Bertz CT molecular complexity index is 1340. The Balaban J connectivity index is 1.41. The number of para-hydroxylation sites is 1. The Morgan fingerprint density at radius 3 is 2.57 bits per heavy atom. The van der Waals surface area contributed by atoms with E-state index in [9.17, 15) is 14.4 Å². The zero-order chi connectivity index (χ0) is 26.1. The molecule has 3 amide bonds. The van der Waals surface area contributed by atoms with Crippen molar-refractivity contribution in [3.05, 3.63) is 71.3 Å². The lowest BCUT2D eigenvalue weighted by Crippen LogP contribution is -2.58. The molecule has 2 N–H and O–H groups in total. The average molecular weight is 500 g/mol. The number of benzene rings is 2. The lowest BCUT2D eigenvalue weighted by Gasteiger charge is -2.34. The number of hydrogen-bond donors (Lipinski definition) is 2. The van der Waals surface area contributed by atoms with Gasteiger partial charge in [-0.3, -0.25) is 19.3 Å². The molecule has 2 saturated heterocycles. The SMILES string of the molecule is Cc1ccccc1NC(=O)C1C2C=CC3(O2)C1C(=O)N(c1ccc2c(c1)CCC2)C3C(=O)NC(C)(C)C. The van der Waals surface area contributed by atoms with E-state index in [0.29, 0.717) is 11.4 Å². The van der Waals surface area contributed by atoms with Crippen LogP contribution in [0.4, 0.5) is 11.4 Å². The van der Waals surface area contributed by atoms with E-state index in [1.54, 1.807) is 4.90 Å². The molecule has 7 nitrogen and oxygen atoms in total. The van der Waals surface area contributed by atoms with Crippen LogP contribution in [0.25, 0.3) is 0 Å². The van der Waals surface area contributed by atoms with Crippen molar-refractivity contribution >= 4 is 29.1 Å². The van der Waals surface area contributed by atoms with Crippen molar-refractivity contribution in [3.8, 4) is 0 Å². The van der Waals surface area contributed by atoms with E-state index in [2.05, 4.69) is 16.7 Å². The van der Waals surface area contributed by atoms with Gasteiger partial charge in [-0.15, -0.1) is 0 Å². The average Bonchev–Trinajstić information content (AvgIpc) is 3.59. The van der Waals surface area contributed by atoms with Crippen LogP contribution in [-0.4, -0.2) is 41.0 Å². The minimum Gasteiger partial charge on any atom is -0.359 e. The number of anilines is 2. The molecule has 3 heterocycles. The van der Waals surface area contributed by atoms with E-state index in [1.165, 1.54) is 11.1 Å². The highest BCUT2D eigenvalue weighted by molar-refractivity contribution is 6.11. The monoisotopic (exact) mass is 499 g/mol. The standard InChI is InChI=1S/C30H33N3O4/c1-17-8-5-6-11-21(17)31-26(34)23-22-14-15-30(37-22)24(23)28(36)33(25(30)27(35)32-29(2,3)4)20-13-12-18-9-7-10-19(18)16-20/h5-6,8,11-16,22-25H,7,9-10H2,1-4H3,(H,31,34)(H,32,35). The van der Waals surface area contributed by atoms with Crippen molar-refractivity contribution in [2.75, 3.05) is 10.2 Å². The van der Waals surface area contributed by atoms with E-state index >= 15 is 0 Å². The van der Waals surface area contributed by atoms with Gasteiger partial charge in [-0.05, 0) is 81.8 Å². The Labute approximate surface area is 217 Å². The van der Waals surface area contributed by atoms with Gasteiger partial charge < -0.3 is 15.4 Å². The second-order valence-corrected chi connectivity index (χ2v) is 11.8. The molecule has 1 spiro atoms. The molecule has 5 atom stereocenters. The van der Waals surface area contributed by atoms with Gasteiger partial charge >= 0.3 is 0 Å². The number of ether oxygens (including phenoxy) is 1. The summed E-state index contributed by atoms with van der Waals surface area (Å²) in [7, 11) is 0. The minimum absolute atomic E-state index is 0.246. The molecular weight excluding hydrogens is 466 g/mol. The van der Waals surface area contributed by atoms with Crippen molar-refractivity contribution < 1.29 is 19.1 Å². The van der Waals surface area contributed by atoms with Gasteiger partial charge in [0.05, 0.1) is 17.9 Å². The fourth-order valence-electron chi connectivity index (χ4n) is 6.53. The van der Waals surface area contributed by atoms with Gasteiger partial charge in [0.1, 0.15) is 11.6 Å². The molecule has 5 unspecified atom stereocenters. The van der Waals surface area contributed by atoms with Crippen LogP contribution < -0.4 is 15.5 Å². The molecule has 3 aliphatic heterocycles. The van der Waals surface area contributed by atoms with Crippen molar-refractivity contribution in [1.29, 1.82) is 0 Å². The number of fused-ring (bicyclic) bond motifs is 2. The zero-order valence-electron chi connectivity index (χ0n) is 21.7. The molecule has 2 fully saturated rings. The summed E-state index contributed by atoms with van der Waals surface area (Å²) in [5.41, 5.74) is 3.12. The Kier molecular flexibility index (Phi) is 5.35. The van der Waals surface area contributed by atoms with E-state index in [1.807, 2.05) is 76.2 Å². The van der Waals surface area contributed by atoms with Crippen LogP contribution in [0.15, 0.2) is 54.6 Å². The maximum absolute atomic E-state index is 14.2. The van der Waals surface area contributed by atoms with Crippen LogP contribution in [0.2, 0.25) is 0 Å². The smallest absolute Gasteiger partial charge is 0.246 e. The Morgan fingerprint density at radius 1 is 1.05 bits per heavy atom. The van der Waals surface area contributed by atoms with Gasteiger partial charge in [0.2, 0.25) is 17.7 Å². The van der Waals surface area contributed by atoms with E-state index in [0.717, 1.165) is 24.8 Å². The highest BCUT2D eigenvalue weighted by Crippen LogP contribution is 2.56. The fraction of sp³-hybridized carbons (Fsp3) is 0.433. The second kappa shape index (κ2) is 8.28. The van der Waals surface area contributed by atoms with E-state index in [-0.39, 0.29) is 17.7 Å². The maximum Gasteiger partial charge on any atom is 0.246 e. The summed E-state index contributed by atoms with van der Waals surface area (Å²) in [6.45, 7) is 7.67. The molecule has 1 aliphatic carbocycles. The maximum atomic E-state index is 14.2. The van der Waals surface area contributed by atoms with Gasteiger partial charge in [-0.2, -0.15) is 0 Å². The van der Waals surface area contributed by atoms with Crippen molar-refractivity contribution in [3.63, 3.8) is 0 Å². The summed E-state index contributed by atoms with van der Waals surface area (Å²) in [4.78, 5) is 43.3. The summed E-state index contributed by atoms with van der Waals surface area (Å²) in [6.07, 6.45) is 6.19.